The van der Waals surface area contributed by atoms with Crippen molar-refractivity contribution < 1.29 is 9.59 Å². The summed E-state index contributed by atoms with van der Waals surface area (Å²) < 4.78 is 0. The van der Waals surface area contributed by atoms with Gasteiger partial charge in [0.05, 0.1) is 0 Å². The highest BCUT2D eigenvalue weighted by Crippen LogP contribution is 2.42. The summed E-state index contributed by atoms with van der Waals surface area (Å²) in [5.41, 5.74) is 4.82. The zero-order chi connectivity index (χ0) is 19.7. The van der Waals surface area contributed by atoms with Gasteiger partial charge in [-0.15, -0.1) is 0 Å². The van der Waals surface area contributed by atoms with Gasteiger partial charge in [0.15, 0.2) is 5.78 Å². The lowest BCUT2D eigenvalue weighted by Gasteiger charge is -2.34. The Morgan fingerprint density at radius 1 is 1.07 bits per heavy atom. The fourth-order valence-corrected chi connectivity index (χ4v) is 4.06. The number of nitrogens with zero attached hydrogens (tertiary/aromatic N) is 1. The normalized spacial score (nSPS) is 19.2. The number of aromatic nitrogens is 1. The Bertz CT molecular complexity index is 1010. The topological polar surface area (TPSA) is 71.1 Å². The lowest BCUT2D eigenvalue weighted by molar-refractivity contribution is -0.116. The van der Waals surface area contributed by atoms with Crippen LogP contribution in [0.25, 0.3) is 0 Å². The Morgan fingerprint density at radius 3 is 2.61 bits per heavy atom. The van der Waals surface area contributed by atoms with Crippen molar-refractivity contribution in [2.75, 3.05) is 5.32 Å². The van der Waals surface area contributed by atoms with Crippen molar-refractivity contribution in [1.29, 1.82) is 0 Å². The first kappa shape index (κ1) is 18.2. The Hall–Kier alpha value is -3.21. The average Bonchev–Trinajstić information content (AvgIpc) is 2.67. The van der Waals surface area contributed by atoms with Crippen LogP contribution < -0.4 is 10.6 Å². The Labute approximate surface area is 164 Å². The monoisotopic (exact) mass is 373 g/mol. The molecule has 0 spiro atoms. The van der Waals surface area contributed by atoms with E-state index in [9.17, 15) is 9.59 Å². The molecule has 0 fully saturated rings. The highest BCUT2D eigenvalue weighted by Gasteiger charge is 2.38. The van der Waals surface area contributed by atoms with Crippen molar-refractivity contribution in [1.82, 2.24) is 10.3 Å². The molecule has 0 radical (unpaired) electrons. The van der Waals surface area contributed by atoms with Crippen molar-refractivity contribution in [2.45, 2.75) is 39.0 Å². The van der Waals surface area contributed by atoms with Crippen LogP contribution in [0.1, 0.15) is 43.4 Å². The summed E-state index contributed by atoms with van der Waals surface area (Å²) in [6.45, 7) is 3.78. The van der Waals surface area contributed by atoms with Crippen LogP contribution in [0.15, 0.2) is 71.1 Å². The number of Topliss-reactive ketones (excluding diaryl/α,β-unsaturated/α-hetero) is 1. The van der Waals surface area contributed by atoms with E-state index in [-0.39, 0.29) is 17.6 Å². The predicted octanol–water partition coefficient (Wildman–Crippen LogP) is 4.00. The molecule has 0 saturated heterocycles. The van der Waals surface area contributed by atoms with Crippen molar-refractivity contribution >= 4 is 17.5 Å². The third-order valence-electron chi connectivity index (χ3n) is 5.28. The van der Waals surface area contributed by atoms with Gasteiger partial charge >= 0.3 is 0 Å². The zero-order valence-electron chi connectivity index (χ0n) is 16.1. The van der Waals surface area contributed by atoms with Gasteiger partial charge in [-0.25, -0.2) is 4.98 Å². The number of benzene rings is 1. The van der Waals surface area contributed by atoms with E-state index < -0.39 is 0 Å². The van der Waals surface area contributed by atoms with Crippen LogP contribution in [-0.2, 0) is 9.59 Å². The Balaban J connectivity index is 1.77. The number of pyridine rings is 1. The SMILES string of the molecule is CC1=C(C(=O)Nc2cccc(C)n2)[C@@H](c2ccccc2)C2=C(CCCC2=O)N1. The molecule has 1 atom stereocenters. The number of hydrogen-bond acceptors (Lipinski definition) is 4. The molecule has 1 aromatic carbocycles. The molecule has 0 bridgehead atoms. The minimum Gasteiger partial charge on any atom is -0.362 e. The maximum atomic E-state index is 13.3. The molecule has 142 valence electrons. The number of allylic oxidation sites excluding steroid dienone is 3. The first-order chi connectivity index (χ1) is 13.5. The van der Waals surface area contributed by atoms with Crippen molar-refractivity contribution in [2.24, 2.45) is 0 Å². The number of amides is 1. The van der Waals surface area contributed by atoms with Gasteiger partial charge in [-0.3, -0.25) is 9.59 Å². The van der Waals surface area contributed by atoms with E-state index in [2.05, 4.69) is 15.6 Å². The highest BCUT2D eigenvalue weighted by molar-refractivity contribution is 6.09. The number of carbonyl (C=O) groups excluding carboxylic acids is 2. The molecular weight excluding hydrogens is 350 g/mol. The Kier molecular flexibility index (Phi) is 4.82. The average molecular weight is 373 g/mol. The molecule has 5 heteroatoms. The van der Waals surface area contributed by atoms with Crippen LogP contribution in [0, 0.1) is 6.92 Å². The van der Waals surface area contributed by atoms with E-state index in [1.54, 1.807) is 6.07 Å². The van der Waals surface area contributed by atoms with Crippen LogP contribution in [0.5, 0.6) is 0 Å². The number of carbonyl (C=O) groups is 2. The van der Waals surface area contributed by atoms with Gasteiger partial charge in [0.2, 0.25) is 0 Å². The van der Waals surface area contributed by atoms with Gasteiger partial charge in [0.25, 0.3) is 5.91 Å². The fraction of sp³-hybridized carbons (Fsp3) is 0.261. The van der Waals surface area contributed by atoms with Gasteiger partial charge in [0.1, 0.15) is 5.82 Å². The van der Waals surface area contributed by atoms with Crippen LogP contribution in [-0.4, -0.2) is 16.7 Å². The number of rotatable bonds is 3. The second-order valence-corrected chi connectivity index (χ2v) is 7.29. The van der Waals surface area contributed by atoms with E-state index in [1.807, 2.05) is 56.3 Å². The lowest BCUT2D eigenvalue weighted by Crippen LogP contribution is -2.35. The molecule has 2 N–H and O–H groups in total. The molecule has 28 heavy (non-hydrogen) atoms. The van der Waals surface area contributed by atoms with E-state index in [1.165, 1.54) is 0 Å². The number of nitrogens with one attached hydrogen (secondary N) is 2. The third kappa shape index (κ3) is 3.36. The first-order valence-corrected chi connectivity index (χ1v) is 9.58. The molecule has 2 aromatic rings. The van der Waals surface area contributed by atoms with Gasteiger partial charge in [-0.05, 0) is 44.4 Å². The molecule has 0 saturated carbocycles. The molecule has 1 aromatic heterocycles. The standard InChI is InChI=1S/C23H23N3O2/c1-14-8-6-13-19(24-14)26-23(28)20-15(2)25-17-11-7-12-18(27)22(17)21(20)16-9-4-3-5-10-16/h3-6,8-10,13,21,25H,7,11-12H2,1-2H3,(H,24,26,28)/t21-/m1/s1. The lowest BCUT2D eigenvalue weighted by atomic mass is 9.75. The van der Waals surface area contributed by atoms with Crippen LogP contribution >= 0.6 is 0 Å². The van der Waals surface area contributed by atoms with Gasteiger partial charge in [0, 0.05) is 40.6 Å². The summed E-state index contributed by atoms with van der Waals surface area (Å²) in [7, 11) is 0. The molecule has 4 rings (SSSR count). The van der Waals surface area contributed by atoms with Gasteiger partial charge < -0.3 is 10.6 Å². The smallest absolute Gasteiger partial charge is 0.255 e. The summed E-state index contributed by atoms with van der Waals surface area (Å²) >= 11 is 0. The minimum absolute atomic E-state index is 0.120. The molecule has 0 unspecified atom stereocenters. The van der Waals surface area contributed by atoms with E-state index in [0.29, 0.717) is 17.8 Å². The summed E-state index contributed by atoms with van der Waals surface area (Å²) in [6.07, 6.45) is 2.20. The molecular formula is C23H23N3O2. The van der Waals surface area contributed by atoms with Gasteiger partial charge in [-0.2, -0.15) is 0 Å². The number of anilines is 1. The first-order valence-electron chi connectivity index (χ1n) is 9.58. The zero-order valence-corrected chi connectivity index (χ0v) is 16.1. The summed E-state index contributed by atoms with van der Waals surface area (Å²) in [5.74, 6) is 0.0258. The molecule has 2 heterocycles. The summed E-state index contributed by atoms with van der Waals surface area (Å²) in [4.78, 5) is 30.5. The summed E-state index contributed by atoms with van der Waals surface area (Å²) in [6, 6.07) is 15.3. The van der Waals surface area contributed by atoms with Crippen LogP contribution in [0.3, 0.4) is 0 Å². The maximum Gasteiger partial charge on any atom is 0.255 e. The summed E-state index contributed by atoms with van der Waals surface area (Å²) in [5, 5.41) is 6.24. The quantitative estimate of drug-likeness (QED) is 0.853. The molecule has 1 aliphatic heterocycles. The van der Waals surface area contributed by atoms with Crippen molar-refractivity contribution in [3.05, 3.63) is 82.3 Å². The number of ketones is 1. The van der Waals surface area contributed by atoms with Crippen LogP contribution in [0.4, 0.5) is 5.82 Å². The number of dihydropyridines is 1. The van der Waals surface area contributed by atoms with E-state index >= 15 is 0 Å². The van der Waals surface area contributed by atoms with Crippen molar-refractivity contribution in [3.63, 3.8) is 0 Å². The second-order valence-electron chi connectivity index (χ2n) is 7.29. The molecule has 5 nitrogen and oxygen atoms in total. The molecule has 1 aliphatic carbocycles. The Morgan fingerprint density at radius 2 is 1.86 bits per heavy atom. The maximum absolute atomic E-state index is 13.3. The number of aryl methyl sites for hydroxylation is 1. The predicted molar refractivity (Wildman–Crippen MR) is 109 cm³/mol. The third-order valence-corrected chi connectivity index (χ3v) is 5.28. The van der Waals surface area contributed by atoms with Crippen LogP contribution in [0.2, 0.25) is 0 Å². The highest BCUT2D eigenvalue weighted by atomic mass is 16.2. The fourth-order valence-electron chi connectivity index (χ4n) is 4.06. The molecule has 2 aliphatic rings. The number of hydrogen-bond donors (Lipinski definition) is 2. The van der Waals surface area contributed by atoms with Gasteiger partial charge in [-0.1, -0.05) is 36.4 Å². The van der Waals surface area contributed by atoms with E-state index in [0.717, 1.165) is 41.1 Å². The van der Waals surface area contributed by atoms with Crippen molar-refractivity contribution in [3.8, 4) is 0 Å². The van der Waals surface area contributed by atoms with E-state index in [4.69, 9.17) is 0 Å². The second kappa shape index (κ2) is 7.43. The molecule has 1 amide bonds. The largest absolute Gasteiger partial charge is 0.362 e. The minimum atomic E-state index is -0.366.